The van der Waals surface area contributed by atoms with Gasteiger partial charge < -0.3 is 10.4 Å². The van der Waals surface area contributed by atoms with Crippen molar-refractivity contribution >= 4 is 40.8 Å². The monoisotopic (exact) mass is 273 g/mol. The summed E-state index contributed by atoms with van der Waals surface area (Å²) in [5, 5.41) is 12.2. The second-order valence-electron chi connectivity index (χ2n) is 3.97. The van der Waals surface area contributed by atoms with E-state index in [0.29, 0.717) is 28.6 Å². The molecular formula is C11H9Cl2NO3. The summed E-state index contributed by atoms with van der Waals surface area (Å²) in [5.74, 6) is -1.65. The number of aliphatic carboxylic acids is 1. The third-order valence-corrected chi connectivity index (χ3v) is 3.34. The SMILES string of the molecule is O=C(O)C1(C(=O)Nc2cc(Cl)ccc2Cl)CC1. The average molecular weight is 274 g/mol. The van der Waals surface area contributed by atoms with Gasteiger partial charge in [-0.1, -0.05) is 23.2 Å². The van der Waals surface area contributed by atoms with Crippen LogP contribution in [0.5, 0.6) is 0 Å². The van der Waals surface area contributed by atoms with Gasteiger partial charge in [-0.2, -0.15) is 0 Å². The first kappa shape index (κ1) is 12.2. The Morgan fingerprint density at radius 2 is 1.94 bits per heavy atom. The number of carboxylic acids is 1. The molecule has 1 fully saturated rings. The maximum atomic E-state index is 11.8. The Bertz CT molecular complexity index is 497. The van der Waals surface area contributed by atoms with E-state index in [4.69, 9.17) is 28.3 Å². The number of benzene rings is 1. The van der Waals surface area contributed by atoms with Gasteiger partial charge in [0.2, 0.25) is 5.91 Å². The van der Waals surface area contributed by atoms with Crippen molar-refractivity contribution < 1.29 is 14.7 Å². The summed E-state index contributed by atoms with van der Waals surface area (Å²) < 4.78 is 0. The second-order valence-corrected chi connectivity index (χ2v) is 4.81. The normalized spacial score (nSPS) is 16.4. The van der Waals surface area contributed by atoms with E-state index < -0.39 is 17.3 Å². The lowest BCUT2D eigenvalue weighted by atomic mass is 10.1. The van der Waals surface area contributed by atoms with Crippen LogP contribution in [0.4, 0.5) is 5.69 Å². The highest BCUT2D eigenvalue weighted by atomic mass is 35.5. The molecule has 0 aromatic heterocycles. The van der Waals surface area contributed by atoms with Crippen LogP contribution >= 0.6 is 23.2 Å². The largest absolute Gasteiger partial charge is 0.480 e. The zero-order chi connectivity index (χ0) is 12.6. The van der Waals surface area contributed by atoms with Crippen LogP contribution in [-0.4, -0.2) is 17.0 Å². The van der Waals surface area contributed by atoms with Gasteiger partial charge in [-0.05, 0) is 31.0 Å². The van der Waals surface area contributed by atoms with Crippen LogP contribution in [0.1, 0.15) is 12.8 Å². The lowest BCUT2D eigenvalue weighted by molar-refractivity contribution is -0.147. The third-order valence-electron chi connectivity index (χ3n) is 2.77. The minimum atomic E-state index is -1.29. The summed E-state index contributed by atoms with van der Waals surface area (Å²) >= 11 is 11.6. The molecule has 0 spiro atoms. The Hall–Kier alpha value is -1.26. The van der Waals surface area contributed by atoms with Gasteiger partial charge in [0.15, 0.2) is 0 Å². The fraction of sp³-hybridized carbons (Fsp3) is 0.273. The summed E-state index contributed by atoms with van der Waals surface area (Å²) in [5.41, 5.74) is -0.956. The summed E-state index contributed by atoms with van der Waals surface area (Å²) in [6, 6.07) is 4.61. The summed E-state index contributed by atoms with van der Waals surface area (Å²) in [6.07, 6.45) is 0.707. The maximum absolute atomic E-state index is 11.8. The molecule has 0 aliphatic heterocycles. The average Bonchev–Trinajstić information content (AvgIpc) is 3.04. The molecule has 2 rings (SSSR count). The highest BCUT2D eigenvalue weighted by Gasteiger charge is 2.57. The minimum absolute atomic E-state index is 0.323. The van der Waals surface area contributed by atoms with Crippen LogP contribution in [0.15, 0.2) is 18.2 Å². The van der Waals surface area contributed by atoms with Crippen molar-refractivity contribution in [1.29, 1.82) is 0 Å². The Labute approximate surface area is 108 Å². The molecule has 6 heteroatoms. The predicted octanol–water partition coefficient (Wildman–Crippen LogP) is 2.80. The van der Waals surface area contributed by atoms with Gasteiger partial charge in [0.1, 0.15) is 5.41 Å². The number of amides is 1. The number of hydrogen-bond donors (Lipinski definition) is 2. The van der Waals surface area contributed by atoms with E-state index in [-0.39, 0.29) is 0 Å². The van der Waals surface area contributed by atoms with Crippen LogP contribution in [0.2, 0.25) is 10.0 Å². The molecule has 0 radical (unpaired) electrons. The molecule has 0 saturated heterocycles. The van der Waals surface area contributed by atoms with Crippen molar-refractivity contribution in [1.82, 2.24) is 0 Å². The number of nitrogens with one attached hydrogen (secondary N) is 1. The first-order valence-electron chi connectivity index (χ1n) is 4.95. The number of rotatable bonds is 3. The van der Waals surface area contributed by atoms with Crippen molar-refractivity contribution in [2.45, 2.75) is 12.8 Å². The van der Waals surface area contributed by atoms with E-state index >= 15 is 0 Å². The van der Waals surface area contributed by atoms with Gasteiger partial charge in [0.25, 0.3) is 0 Å². The molecule has 0 bridgehead atoms. The second kappa shape index (κ2) is 4.20. The van der Waals surface area contributed by atoms with Crippen molar-refractivity contribution in [3.8, 4) is 0 Å². The van der Waals surface area contributed by atoms with E-state index in [2.05, 4.69) is 5.32 Å². The molecule has 1 aromatic carbocycles. The van der Waals surface area contributed by atoms with Crippen LogP contribution < -0.4 is 5.32 Å². The Balaban J connectivity index is 2.19. The van der Waals surface area contributed by atoms with E-state index in [1.807, 2.05) is 0 Å². The minimum Gasteiger partial charge on any atom is -0.480 e. The Morgan fingerprint density at radius 3 is 2.47 bits per heavy atom. The Kier molecular flexibility index (Phi) is 3.02. The molecule has 4 nitrogen and oxygen atoms in total. The van der Waals surface area contributed by atoms with Crippen molar-refractivity contribution in [3.63, 3.8) is 0 Å². The number of carbonyl (C=O) groups is 2. The number of hydrogen-bond acceptors (Lipinski definition) is 2. The van der Waals surface area contributed by atoms with Crippen LogP contribution in [0.25, 0.3) is 0 Å². The fourth-order valence-electron chi connectivity index (χ4n) is 1.50. The molecule has 1 aliphatic rings. The maximum Gasteiger partial charge on any atom is 0.319 e. The smallest absolute Gasteiger partial charge is 0.319 e. The van der Waals surface area contributed by atoms with E-state index in [1.54, 1.807) is 12.1 Å². The fourth-order valence-corrected chi connectivity index (χ4v) is 1.84. The first-order valence-corrected chi connectivity index (χ1v) is 5.71. The lowest BCUT2D eigenvalue weighted by Crippen LogP contribution is -2.31. The van der Waals surface area contributed by atoms with Crippen LogP contribution in [0.3, 0.4) is 0 Å². The van der Waals surface area contributed by atoms with E-state index in [9.17, 15) is 9.59 Å². The number of anilines is 1. The summed E-state index contributed by atoms with van der Waals surface area (Å²) in [4.78, 5) is 22.8. The molecule has 17 heavy (non-hydrogen) atoms. The van der Waals surface area contributed by atoms with Crippen molar-refractivity contribution in [2.24, 2.45) is 5.41 Å². The van der Waals surface area contributed by atoms with Gasteiger partial charge >= 0.3 is 5.97 Å². The highest BCUT2D eigenvalue weighted by Crippen LogP contribution is 2.47. The summed E-state index contributed by atoms with van der Waals surface area (Å²) in [7, 11) is 0. The third kappa shape index (κ3) is 2.23. The molecular weight excluding hydrogens is 265 g/mol. The molecule has 1 amide bonds. The van der Waals surface area contributed by atoms with Gasteiger partial charge in [0, 0.05) is 5.02 Å². The number of carboxylic acid groups (broad SMARTS) is 1. The number of carbonyl (C=O) groups excluding carboxylic acids is 1. The zero-order valence-corrected chi connectivity index (χ0v) is 10.2. The van der Waals surface area contributed by atoms with Crippen molar-refractivity contribution in [3.05, 3.63) is 28.2 Å². The van der Waals surface area contributed by atoms with Gasteiger partial charge in [-0.3, -0.25) is 9.59 Å². The van der Waals surface area contributed by atoms with Crippen molar-refractivity contribution in [2.75, 3.05) is 5.32 Å². The van der Waals surface area contributed by atoms with Crippen LogP contribution in [-0.2, 0) is 9.59 Å². The molecule has 2 N–H and O–H groups in total. The summed E-state index contributed by atoms with van der Waals surface area (Å²) in [6.45, 7) is 0. The highest BCUT2D eigenvalue weighted by molar-refractivity contribution is 6.35. The molecule has 0 unspecified atom stereocenters. The molecule has 90 valence electrons. The first-order chi connectivity index (χ1) is 7.95. The van der Waals surface area contributed by atoms with Gasteiger partial charge in [0.05, 0.1) is 10.7 Å². The molecule has 0 atom stereocenters. The Morgan fingerprint density at radius 1 is 1.29 bits per heavy atom. The molecule has 1 aliphatic carbocycles. The topological polar surface area (TPSA) is 66.4 Å². The van der Waals surface area contributed by atoms with Gasteiger partial charge in [-0.25, -0.2) is 0 Å². The van der Waals surface area contributed by atoms with Crippen LogP contribution in [0, 0.1) is 5.41 Å². The lowest BCUT2D eigenvalue weighted by Gasteiger charge is -2.12. The van der Waals surface area contributed by atoms with E-state index in [0.717, 1.165) is 0 Å². The predicted molar refractivity (Wildman–Crippen MR) is 64.4 cm³/mol. The molecule has 1 saturated carbocycles. The van der Waals surface area contributed by atoms with E-state index in [1.165, 1.54) is 6.07 Å². The standard InChI is InChI=1S/C11H9Cl2NO3/c12-6-1-2-7(13)8(5-6)14-9(15)11(3-4-11)10(16)17/h1-2,5H,3-4H2,(H,14,15)(H,16,17). The quantitative estimate of drug-likeness (QED) is 0.833. The molecule has 0 heterocycles. The number of halogens is 2. The molecule has 1 aromatic rings. The zero-order valence-electron chi connectivity index (χ0n) is 8.67. The van der Waals surface area contributed by atoms with Gasteiger partial charge in [-0.15, -0.1) is 0 Å².